The van der Waals surface area contributed by atoms with Crippen molar-refractivity contribution in [1.82, 2.24) is 4.98 Å². The molecule has 1 heterocycles. The van der Waals surface area contributed by atoms with Gasteiger partial charge in [0.25, 0.3) is 11.2 Å². The number of hydrogen-bond donors (Lipinski definition) is 2. The molecule has 0 saturated carbocycles. The summed E-state index contributed by atoms with van der Waals surface area (Å²) in [6.07, 6.45) is 0. The highest BCUT2D eigenvalue weighted by Crippen LogP contribution is 2.29. The van der Waals surface area contributed by atoms with Gasteiger partial charge in [-0.3, -0.25) is 14.9 Å². The molecule has 0 atom stereocenters. The lowest BCUT2D eigenvalue weighted by atomic mass is 10.1. The van der Waals surface area contributed by atoms with Crippen LogP contribution in [0.4, 0.5) is 11.4 Å². The van der Waals surface area contributed by atoms with Crippen molar-refractivity contribution in [3.63, 3.8) is 0 Å². The molecule has 6 heteroatoms. The van der Waals surface area contributed by atoms with Gasteiger partial charge in [-0.15, -0.1) is 0 Å². The minimum Gasteiger partial charge on any atom is -0.393 e. The molecule has 0 unspecified atom stereocenters. The average molecular weight is 255 g/mol. The van der Waals surface area contributed by atoms with Crippen molar-refractivity contribution in [1.29, 1.82) is 0 Å². The van der Waals surface area contributed by atoms with Crippen LogP contribution in [-0.2, 0) is 0 Å². The lowest BCUT2D eigenvalue weighted by molar-refractivity contribution is -0.383. The first-order chi connectivity index (χ1) is 9.08. The van der Waals surface area contributed by atoms with E-state index >= 15 is 0 Å². The highest BCUT2D eigenvalue weighted by atomic mass is 16.6. The van der Waals surface area contributed by atoms with Crippen LogP contribution in [0.2, 0.25) is 0 Å². The van der Waals surface area contributed by atoms with Crippen LogP contribution in [0.3, 0.4) is 0 Å². The Labute approximate surface area is 106 Å². The first-order valence-electron chi connectivity index (χ1n) is 5.56. The van der Waals surface area contributed by atoms with Gasteiger partial charge in [0.2, 0.25) is 0 Å². The van der Waals surface area contributed by atoms with Gasteiger partial charge in [-0.1, -0.05) is 18.2 Å². The quantitative estimate of drug-likeness (QED) is 0.301. The van der Waals surface area contributed by atoms with Crippen LogP contribution >= 0.6 is 0 Å². The number of benzene rings is 2. The molecular formula is C13H9N3O3. The van der Waals surface area contributed by atoms with E-state index in [0.29, 0.717) is 21.7 Å². The Morgan fingerprint density at radius 1 is 1.11 bits per heavy atom. The maximum absolute atomic E-state index is 11.9. The summed E-state index contributed by atoms with van der Waals surface area (Å²) >= 11 is 0. The fourth-order valence-electron chi connectivity index (χ4n) is 2.19. The second kappa shape index (κ2) is 3.81. The molecule has 2 aromatic carbocycles. The van der Waals surface area contributed by atoms with Crippen molar-refractivity contribution in [2.24, 2.45) is 0 Å². The van der Waals surface area contributed by atoms with Gasteiger partial charge in [-0.25, -0.2) is 0 Å². The lowest BCUT2D eigenvalue weighted by Gasteiger charge is -2.05. The highest BCUT2D eigenvalue weighted by Gasteiger charge is 2.15. The van der Waals surface area contributed by atoms with Crippen molar-refractivity contribution < 1.29 is 4.92 Å². The number of hydrogen-bond acceptors (Lipinski definition) is 4. The molecule has 0 bridgehead atoms. The van der Waals surface area contributed by atoms with E-state index in [1.165, 1.54) is 12.1 Å². The number of nitrogens with zero attached hydrogens (tertiary/aromatic N) is 1. The molecule has 0 radical (unpaired) electrons. The van der Waals surface area contributed by atoms with E-state index in [1.807, 2.05) is 0 Å². The minimum absolute atomic E-state index is 0.0310. The summed E-state index contributed by atoms with van der Waals surface area (Å²) in [6, 6.07) is 9.77. The molecule has 0 aliphatic heterocycles. The minimum atomic E-state index is -0.533. The Hall–Kier alpha value is -2.89. The van der Waals surface area contributed by atoms with Crippen molar-refractivity contribution in [2.75, 3.05) is 5.73 Å². The van der Waals surface area contributed by atoms with Crippen molar-refractivity contribution in [3.05, 3.63) is 56.9 Å². The zero-order valence-electron chi connectivity index (χ0n) is 9.71. The maximum atomic E-state index is 11.9. The molecule has 3 N–H and O–H groups in total. The zero-order valence-corrected chi connectivity index (χ0v) is 9.71. The van der Waals surface area contributed by atoms with Crippen molar-refractivity contribution in [3.8, 4) is 0 Å². The summed E-state index contributed by atoms with van der Waals surface area (Å²) in [5.41, 5.74) is 5.74. The Kier molecular flexibility index (Phi) is 2.25. The van der Waals surface area contributed by atoms with E-state index in [1.54, 1.807) is 24.3 Å². The Balaban J connectivity index is 2.57. The fourth-order valence-corrected chi connectivity index (χ4v) is 2.19. The van der Waals surface area contributed by atoms with E-state index in [-0.39, 0.29) is 16.9 Å². The predicted octanol–water partition coefficient (Wildman–Crippen LogP) is 2.17. The number of nitro groups is 1. The predicted molar refractivity (Wildman–Crippen MR) is 73.1 cm³/mol. The van der Waals surface area contributed by atoms with Crippen LogP contribution in [0.1, 0.15) is 0 Å². The number of nitrogen functional groups attached to an aromatic ring is 1. The van der Waals surface area contributed by atoms with Crippen LogP contribution in [0.5, 0.6) is 0 Å². The van der Waals surface area contributed by atoms with Gasteiger partial charge < -0.3 is 10.7 Å². The molecular weight excluding hydrogens is 246 g/mol. The molecule has 0 fully saturated rings. The third-order valence-corrected chi connectivity index (χ3v) is 3.07. The summed E-state index contributed by atoms with van der Waals surface area (Å²) in [7, 11) is 0. The van der Waals surface area contributed by atoms with Gasteiger partial charge in [0.05, 0.1) is 10.4 Å². The molecule has 3 rings (SSSR count). The van der Waals surface area contributed by atoms with Crippen molar-refractivity contribution >= 4 is 33.1 Å². The lowest BCUT2D eigenvalue weighted by Crippen LogP contribution is -2.07. The summed E-state index contributed by atoms with van der Waals surface area (Å²) < 4.78 is 0. The molecule has 0 aliphatic carbocycles. The van der Waals surface area contributed by atoms with Gasteiger partial charge in [0, 0.05) is 16.8 Å². The Morgan fingerprint density at radius 3 is 2.47 bits per heavy atom. The molecule has 0 spiro atoms. The first kappa shape index (κ1) is 11.2. The fraction of sp³-hybridized carbons (Fsp3) is 0. The van der Waals surface area contributed by atoms with E-state index < -0.39 is 4.92 Å². The topological polar surface area (TPSA) is 102 Å². The summed E-state index contributed by atoms with van der Waals surface area (Å²) in [5, 5.41) is 12.7. The van der Waals surface area contributed by atoms with Crippen LogP contribution in [0.15, 0.2) is 41.2 Å². The van der Waals surface area contributed by atoms with Gasteiger partial charge in [-0.2, -0.15) is 0 Å². The van der Waals surface area contributed by atoms with E-state index in [4.69, 9.17) is 5.73 Å². The monoisotopic (exact) mass is 255 g/mol. The Bertz CT molecular complexity index is 883. The van der Waals surface area contributed by atoms with E-state index in [9.17, 15) is 14.9 Å². The third kappa shape index (κ3) is 1.61. The smallest absolute Gasteiger partial charge is 0.292 e. The maximum Gasteiger partial charge on any atom is 0.292 e. The largest absolute Gasteiger partial charge is 0.393 e. The first-order valence-corrected chi connectivity index (χ1v) is 5.56. The Morgan fingerprint density at radius 2 is 1.79 bits per heavy atom. The SMILES string of the molecule is Nc1cc2[nH]c(=O)c3ccccc3c2cc1[N+](=O)[O-]. The number of H-pyrrole nitrogens is 1. The molecule has 19 heavy (non-hydrogen) atoms. The van der Waals surface area contributed by atoms with Crippen LogP contribution in [0, 0.1) is 10.1 Å². The second-order valence-corrected chi connectivity index (χ2v) is 4.21. The summed E-state index contributed by atoms with van der Waals surface area (Å²) in [4.78, 5) is 25.0. The second-order valence-electron chi connectivity index (χ2n) is 4.21. The number of aromatic nitrogens is 1. The molecule has 3 aromatic rings. The molecule has 94 valence electrons. The number of aromatic amines is 1. The van der Waals surface area contributed by atoms with Gasteiger partial charge in [-0.05, 0) is 17.5 Å². The third-order valence-electron chi connectivity index (χ3n) is 3.07. The molecule has 1 aromatic heterocycles. The number of pyridine rings is 1. The van der Waals surface area contributed by atoms with Crippen molar-refractivity contribution in [2.45, 2.75) is 0 Å². The number of nitro benzene ring substituents is 1. The molecule has 0 aliphatic rings. The molecule has 6 nitrogen and oxygen atoms in total. The van der Waals surface area contributed by atoms with Gasteiger partial charge in [0.1, 0.15) is 5.69 Å². The van der Waals surface area contributed by atoms with Crippen LogP contribution in [-0.4, -0.2) is 9.91 Å². The van der Waals surface area contributed by atoms with Gasteiger partial charge in [0.15, 0.2) is 0 Å². The highest BCUT2D eigenvalue weighted by molar-refractivity contribution is 6.07. The van der Waals surface area contributed by atoms with E-state index in [2.05, 4.69) is 4.98 Å². The van der Waals surface area contributed by atoms with Crippen LogP contribution < -0.4 is 11.3 Å². The number of fused-ring (bicyclic) bond motifs is 3. The number of anilines is 1. The van der Waals surface area contributed by atoms with Crippen LogP contribution in [0.25, 0.3) is 21.7 Å². The summed E-state index contributed by atoms with van der Waals surface area (Å²) in [5.74, 6) is 0. The van der Waals surface area contributed by atoms with E-state index in [0.717, 1.165) is 0 Å². The summed E-state index contributed by atoms with van der Waals surface area (Å²) in [6.45, 7) is 0. The molecule has 0 saturated heterocycles. The molecule has 0 amide bonds. The number of nitrogens with two attached hydrogens (primary N) is 1. The number of rotatable bonds is 1. The van der Waals surface area contributed by atoms with Gasteiger partial charge >= 0.3 is 0 Å². The standard InChI is InChI=1S/C13H9N3O3/c14-10-6-11-9(5-12(10)16(18)19)7-3-1-2-4-8(7)13(17)15-11/h1-6H,14H2,(H,15,17). The number of nitrogens with one attached hydrogen (secondary N) is 1. The zero-order chi connectivity index (χ0) is 13.6. The average Bonchev–Trinajstić information content (AvgIpc) is 2.38. The normalized spacial score (nSPS) is 10.9.